The molecule has 0 saturated heterocycles. The lowest BCUT2D eigenvalue weighted by atomic mass is 10.2. The van der Waals surface area contributed by atoms with E-state index in [1.807, 2.05) is 11.4 Å². The molecule has 0 radical (unpaired) electrons. The number of rotatable bonds is 7. The first-order chi connectivity index (χ1) is 9.27. The van der Waals surface area contributed by atoms with Crippen LogP contribution >= 0.6 is 11.3 Å². The first kappa shape index (κ1) is 15.7. The highest BCUT2D eigenvalue weighted by Gasteiger charge is 2.05. The number of nitrogens with one attached hydrogen (secondary N) is 1. The lowest BCUT2D eigenvalue weighted by Gasteiger charge is -2.03. The van der Waals surface area contributed by atoms with Crippen molar-refractivity contribution in [2.45, 2.75) is 45.6 Å². The highest BCUT2D eigenvalue weighted by Crippen LogP contribution is 2.15. The fourth-order valence-electron chi connectivity index (χ4n) is 1.61. The Morgan fingerprint density at radius 1 is 1.47 bits per heavy atom. The Hall–Kier alpha value is -1.31. The van der Waals surface area contributed by atoms with E-state index >= 15 is 0 Å². The minimum absolute atomic E-state index is 0.0840. The molecule has 2 N–H and O–H groups in total. The maximum Gasteiger partial charge on any atom is 0.220 e. The van der Waals surface area contributed by atoms with E-state index in [2.05, 4.69) is 24.1 Å². The van der Waals surface area contributed by atoms with Crippen LogP contribution in [-0.4, -0.2) is 17.6 Å². The average molecular weight is 279 g/mol. The Kier molecular flexibility index (Phi) is 7.95. The van der Waals surface area contributed by atoms with Gasteiger partial charge in [-0.2, -0.15) is 0 Å². The minimum Gasteiger partial charge on any atom is -0.395 e. The quantitative estimate of drug-likeness (QED) is 0.595. The summed E-state index contributed by atoms with van der Waals surface area (Å²) in [5, 5.41) is 13.6. The van der Waals surface area contributed by atoms with Gasteiger partial charge in [0.05, 0.1) is 13.2 Å². The molecule has 1 aromatic rings. The van der Waals surface area contributed by atoms with E-state index < -0.39 is 0 Å². The molecule has 4 heteroatoms. The summed E-state index contributed by atoms with van der Waals surface area (Å²) in [5.41, 5.74) is 0.951. The van der Waals surface area contributed by atoms with Gasteiger partial charge in [0.25, 0.3) is 0 Å². The van der Waals surface area contributed by atoms with Crippen LogP contribution in [0, 0.1) is 11.8 Å². The van der Waals surface area contributed by atoms with Crippen molar-refractivity contribution in [3.63, 3.8) is 0 Å². The topological polar surface area (TPSA) is 49.3 Å². The first-order valence-electron chi connectivity index (χ1n) is 6.70. The largest absolute Gasteiger partial charge is 0.395 e. The van der Waals surface area contributed by atoms with Crippen molar-refractivity contribution in [2.24, 2.45) is 0 Å². The summed E-state index contributed by atoms with van der Waals surface area (Å²) in [6, 6.07) is 1.95. The molecule has 0 aromatic carbocycles. The summed E-state index contributed by atoms with van der Waals surface area (Å²) in [6.07, 6.45) is 4.27. The summed E-state index contributed by atoms with van der Waals surface area (Å²) >= 11 is 1.60. The third kappa shape index (κ3) is 6.42. The fourth-order valence-corrected chi connectivity index (χ4v) is 2.38. The second kappa shape index (κ2) is 9.60. The molecule has 0 atom stereocenters. The monoisotopic (exact) mass is 279 g/mol. The summed E-state index contributed by atoms with van der Waals surface area (Å²) in [6.45, 7) is 2.76. The lowest BCUT2D eigenvalue weighted by molar-refractivity contribution is -0.121. The van der Waals surface area contributed by atoms with Crippen molar-refractivity contribution < 1.29 is 9.90 Å². The smallest absolute Gasteiger partial charge is 0.220 e. The van der Waals surface area contributed by atoms with Crippen LogP contribution in [-0.2, 0) is 11.3 Å². The van der Waals surface area contributed by atoms with Crippen molar-refractivity contribution in [2.75, 3.05) is 6.61 Å². The Labute approximate surface area is 119 Å². The molecule has 3 nitrogen and oxygen atoms in total. The number of aliphatic hydroxyl groups is 1. The predicted molar refractivity (Wildman–Crippen MR) is 78.9 cm³/mol. The van der Waals surface area contributed by atoms with Gasteiger partial charge in [-0.1, -0.05) is 31.6 Å². The molecular weight excluding hydrogens is 258 g/mol. The molecule has 1 heterocycles. The predicted octanol–water partition coefficient (Wildman–Crippen LogP) is 2.68. The Balaban J connectivity index is 2.39. The van der Waals surface area contributed by atoms with Crippen molar-refractivity contribution in [3.05, 3.63) is 21.9 Å². The van der Waals surface area contributed by atoms with Gasteiger partial charge in [-0.05, 0) is 17.9 Å². The molecule has 1 rings (SSSR count). The van der Waals surface area contributed by atoms with Gasteiger partial charge >= 0.3 is 0 Å². The van der Waals surface area contributed by atoms with Crippen LogP contribution in [0.5, 0.6) is 0 Å². The normalized spacial score (nSPS) is 9.79. The van der Waals surface area contributed by atoms with Crippen molar-refractivity contribution in [1.29, 1.82) is 0 Å². The zero-order valence-electron chi connectivity index (χ0n) is 11.4. The van der Waals surface area contributed by atoms with Crippen LogP contribution in [0.3, 0.4) is 0 Å². The van der Waals surface area contributed by atoms with Crippen LogP contribution in [0.25, 0.3) is 0 Å². The third-order valence-electron chi connectivity index (χ3n) is 2.66. The summed E-state index contributed by atoms with van der Waals surface area (Å²) in [5.74, 6) is 6.03. The van der Waals surface area contributed by atoms with Crippen LogP contribution < -0.4 is 5.32 Å². The first-order valence-corrected chi connectivity index (χ1v) is 7.58. The minimum atomic E-state index is 0.0840. The second-order valence-electron chi connectivity index (χ2n) is 4.27. The number of carbonyl (C=O) groups excluding carboxylic acids is 1. The number of carbonyl (C=O) groups is 1. The highest BCUT2D eigenvalue weighted by atomic mass is 32.1. The van der Waals surface area contributed by atoms with E-state index in [0.29, 0.717) is 19.4 Å². The molecule has 0 saturated carbocycles. The van der Waals surface area contributed by atoms with E-state index in [0.717, 1.165) is 29.7 Å². The summed E-state index contributed by atoms with van der Waals surface area (Å²) in [7, 11) is 0. The standard InChI is InChI=1S/C15H21NO2S/c1-2-3-4-8-15(18)16-12-14-13(9-11-19-14)7-5-6-10-17/h9,11,17H,2-4,6,8,10,12H2,1H3,(H,16,18). The zero-order valence-corrected chi connectivity index (χ0v) is 12.2. The molecule has 0 spiro atoms. The second-order valence-corrected chi connectivity index (χ2v) is 5.27. The molecule has 1 amide bonds. The number of unbranched alkanes of at least 4 members (excludes halogenated alkanes) is 2. The number of amides is 1. The van der Waals surface area contributed by atoms with Crippen molar-refractivity contribution in [3.8, 4) is 11.8 Å². The van der Waals surface area contributed by atoms with Crippen LogP contribution in [0.4, 0.5) is 0 Å². The van der Waals surface area contributed by atoms with Gasteiger partial charge in [0.2, 0.25) is 5.91 Å². The van der Waals surface area contributed by atoms with E-state index in [4.69, 9.17) is 5.11 Å². The molecule has 19 heavy (non-hydrogen) atoms. The molecule has 0 aliphatic heterocycles. The molecule has 0 bridgehead atoms. The maximum atomic E-state index is 11.6. The van der Waals surface area contributed by atoms with Gasteiger partial charge in [-0.15, -0.1) is 11.3 Å². The average Bonchev–Trinajstić information content (AvgIpc) is 2.85. The summed E-state index contributed by atoms with van der Waals surface area (Å²) < 4.78 is 0. The molecule has 104 valence electrons. The van der Waals surface area contributed by atoms with Crippen LogP contribution in [0.15, 0.2) is 11.4 Å². The van der Waals surface area contributed by atoms with Gasteiger partial charge < -0.3 is 10.4 Å². The van der Waals surface area contributed by atoms with Gasteiger partial charge in [-0.3, -0.25) is 4.79 Å². The SMILES string of the molecule is CCCCCC(=O)NCc1sccc1C#CCCO. The maximum absolute atomic E-state index is 11.6. The highest BCUT2D eigenvalue weighted by molar-refractivity contribution is 7.10. The lowest BCUT2D eigenvalue weighted by Crippen LogP contribution is -2.22. The van der Waals surface area contributed by atoms with Crippen LogP contribution in [0.1, 0.15) is 49.5 Å². The van der Waals surface area contributed by atoms with E-state index in [-0.39, 0.29) is 12.5 Å². The Bertz CT molecular complexity index is 442. The number of hydrogen-bond acceptors (Lipinski definition) is 3. The fraction of sp³-hybridized carbons (Fsp3) is 0.533. The zero-order chi connectivity index (χ0) is 13.9. The van der Waals surface area contributed by atoms with Crippen molar-refractivity contribution in [1.82, 2.24) is 5.32 Å². The molecule has 0 fully saturated rings. The molecule has 0 aliphatic carbocycles. The third-order valence-corrected chi connectivity index (χ3v) is 3.58. The van der Waals surface area contributed by atoms with Gasteiger partial charge in [0, 0.05) is 23.3 Å². The summed E-state index contributed by atoms with van der Waals surface area (Å²) in [4.78, 5) is 12.7. The van der Waals surface area contributed by atoms with Crippen LogP contribution in [0.2, 0.25) is 0 Å². The van der Waals surface area contributed by atoms with Gasteiger partial charge in [-0.25, -0.2) is 0 Å². The van der Waals surface area contributed by atoms with E-state index in [1.165, 1.54) is 0 Å². The Morgan fingerprint density at radius 3 is 3.05 bits per heavy atom. The van der Waals surface area contributed by atoms with Gasteiger partial charge in [0.15, 0.2) is 0 Å². The van der Waals surface area contributed by atoms with Gasteiger partial charge in [0.1, 0.15) is 0 Å². The number of hydrogen-bond donors (Lipinski definition) is 2. The van der Waals surface area contributed by atoms with E-state index in [1.54, 1.807) is 11.3 Å². The number of thiophene rings is 1. The molecule has 0 aliphatic rings. The molecule has 0 unspecified atom stereocenters. The van der Waals surface area contributed by atoms with E-state index in [9.17, 15) is 4.79 Å². The van der Waals surface area contributed by atoms with Crippen molar-refractivity contribution >= 4 is 17.2 Å². The number of aliphatic hydroxyl groups excluding tert-OH is 1. The molecule has 1 aromatic heterocycles. The Morgan fingerprint density at radius 2 is 2.32 bits per heavy atom. The molecular formula is C15H21NO2S.